The van der Waals surface area contributed by atoms with E-state index in [2.05, 4.69) is 5.10 Å². The molecule has 0 atom stereocenters. The van der Waals surface area contributed by atoms with E-state index in [0.717, 1.165) is 28.7 Å². The summed E-state index contributed by atoms with van der Waals surface area (Å²) < 4.78 is 13.4. The van der Waals surface area contributed by atoms with Crippen LogP contribution in [0.25, 0.3) is 11.0 Å². The molecule has 2 aromatic heterocycles. The van der Waals surface area contributed by atoms with Crippen molar-refractivity contribution >= 4 is 11.0 Å². The lowest BCUT2D eigenvalue weighted by Gasteiger charge is -2.05. The Kier molecular flexibility index (Phi) is 3.43. The molecule has 0 aliphatic carbocycles. The Labute approximate surface area is 116 Å². The predicted octanol–water partition coefficient (Wildman–Crippen LogP) is 2.25. The maximum Gasteiger partial charge on any atom is 0.169 e. The van der Waals surface area contributed by atoms with Gasteiger partial charge in [0.25, 0.3) is 0 Å². The molecule has 5 heteroatoms. The Morgan fingerprint density at radius 3 is 2.95 bits per heavy atom. The van der Waals surface area contributed by atoms with Crippen molar-refractivity contribution in [1.82, 2.24) is 9.78 Å². The third kappa shape index (κ3) is 2.40. The van der Waals surface area contributed by atoms with Crippen molar-refractivity contribution in [2.24, 2.45) is 12.8 Å². The fourth-order valence-electron chi connectivity index (χ4n) is 2.24. The van der Waals surface area contributed by atoms with Gasteiger partial charge in [0, 0.05) is 19.7 Å². The van der Waals surface area contributed by atoms with Gasteiger partial charge in [0.05, 0.1) is 24.7 Å². The molecule has 0 fully saturated rings. The molecule has 2 heterocycles. The molecule has 0 saturated carbocycles. The lowest BCUT2D eigenvalue weighted by Crippen LogP contribution is -2.04. The van der Waals surface area contributed by atoms with Crippen LogP contribution in [-0.2, 0) is 20.0 Å². The number of fused-ring (bicyclic) bond motifs is 1. The monoisotopic (exact) mass is 271 g/mol. The Morgan fingerprint density at radius 1 is 1.35 bits per heavy atom. The third-order valence-corrected chi connectivity index (χ3v) is 3.20. The van der Waals surface area contributed by atoms with Crippen LogP contribution >= 0.6 is 0 Å². The summed E-state index contributed by atoms with van der Waals surface area (Å²) in [5.74, 6) is 1.45. The van der Waals surface area contributed by atoms with E-state index in [9.17, 15) is 0 Å². The molecule has 0 saturated heterocycles. The highest BCUT2D eigenvalue weighted by Gasteiger charge is 2.13. The summed E-state index contributed by atoms with van der Waals surface area (Å²) in [6, 6.07) is 7.80. The molecule has 3 rings (SSSR count). The van der Waals surface area contributed by atoms with E-state index >= 15 is 0 Å². The van der Waals surface area contributed by atoms with Crippen LogP contribution in [0, 0.1) is 0 Å². The SMILES string of the molecule is Cn1cc(CCOc2c(CN)oc3ccccc23)cn1. The van der Waals surface area contributed by atoms with E-state index in [0.29, 0.717) is 18.9 Å². The Morgan fingerprint density at radius 2 is 2.20 bits per heavy atom. The summed E-state index contributed by atoms with van der Waals surface area (Å²) in [4.78, 5) is 0. The highest BCUT2D eigenvalue weighted by atomic mass is 16.5. The number of para-hydroxylation sites is 1. The standard InChI is InChI=1S/C15H17N3O2/c1-18-10-11(9-17-18)6-7-19-15-12-4-2-3-5-13(12)20-14(15)8-16/h2-5,9-10H,6-8,16H2,1H3. The van der Waals surface area contributed by atoms with Gasteiger partial charge in [0.15, 0.2) is 11.5 Å². The molecular formula is C15H17N3O2. The molecule has 0 spiro atoms. The van der Waals surface area contributed by atoms with E-state index in [1.54, 1.807) is 4.68 Å². The van der Waals surface area contributed by atoms with E-state index in [-0.39, 0.29) is 0 Å². The van der Waals surface area contributed by atoms with Crippen molar-refractivity contribution in [3.8, 4) is 5.75 Å². The molecular weight excluding hydrogens is 254 g/mol. The number of aryl methyl sites for hydroxylation is 1. The van der Waals surface area contributed by atoms with Gasteiger partial charge in [-0.25, -0.2) is 0 Å². The largest absolute Gasteiger partial charge is 0.489 e. The van der Waals surface area contributed by atoms with E-state index in [1.165, 1.54) is 0 Å². The molecule has 0 bridgehead atoms. The van der Waals surface area contributed by atoms with Gasteiger partial charge in [-0.15, -0.1) is 0 Å². The van der Waals surface area contributed by atoms with E-state index in [1.807, 2.05) is 43.7 Å². The van der Waals surface area contributed by atoms with Gasteiger partial charge in [-0.3, -0.25) is 4.68 Å². The Balaban J connectivity index is 1.76. The van der Waals surface area contributed by atoms with Crippen LogP contribution in [0.1, 0.15) is 11.3 Å². The number of nitrogens with two attached hydrogens (primary N) is 1. The minimum atomic E-state index is 0.330. The first-order valence-electron chi connectivity index (χ1n) is 6.58. The quantitative estimate of drug-likeness (QED) is 0.773. The average molecular weight is 271 g/mol. The first-order chi connectivity index (χ1) is 9.78. The number of aromatic nitrogens is 2. The summed E-state index contributed by atoms with van der Waals surface area (Å²) >= 11 is 0. The van der Waals surface area contributed by atoms with Crippen LogP contribution in [-0.4, -0.2) is 16.4 Å². The van der Waals surface area contributed by atoms with Crippen molar-refractivity contribution in [3.63, 3.8) is 0 Å². The number of hydrogen-bond donors (Lipinski definition) is 1. The van der Waals surface area contributed by atoms with Gasteiger partial charge in [-0.05, 0) is 17.7 Å². The highest BCUT2D eigenvalue weighted by Crippen LogP contribution is 2.32. The Bertz CT molecular complexity index is 715. The average Bonchev–Trinajstić information content (AvgIpc) is 3.03. The van der Waals surface area contributed by atoms with Crippen molar-refractivity contribution in [1.29, 1.82) is 0 Å². The molecule has 0 aliphatic rings. The zero-order valence-electron chi connectivity index (χ0n) is 11.4. The minimum absolute atomic E-state index is 0.330. The van der Waals surface area contributed by atoms with Crippen LogP contribution in [0.15, 0.2) is 41.1 Å². The summed E-state index contributed by atoms with van der Waals surface area (Å²) in [6.45, 7) is 0.902. The fourth-order valence-corrected chi connectivity index (χ4v) is 2.24. The fraction of sp³-hybridized carbons (Fsp3) is 0.267. The summed E-state index contributed by atoms with van der Waals surface area (Å²) in [5, 5.41) is 5.11. The summed E-state index contributed by atoms with van der Waals surface area (Å²) in [5.41, 5.74) is 7.67. The molecule has 0 aliphatic heterocycles. The normalized spacial score (nSPS) is 11.1. The zero-order chi connectivity index (χ0) is 13.9. The number of hydrogen-bond acceptors (Lipinski definition) is 4. The zero-order valence-corrected chi connectivity index (χ0v) is 11.4. The molecule has 5 nitrogen and oxygen atoms in total. The number of benzene rings is 1. The van der Waals surface area contributed by atoms with Gasteiger partial charge in [0.1, 0.15) is 5.58 Å². The number of furan rings is 1. The molecule has 0 amide bonds. The number of rotatable bonds is 5. The van der Waals surface area contributed by atoms with E-state index < -0.39 is 0 Å². The molecule has 0 radical (unpaired) electrons. The second-order valence-electron chi connectivity index (χ2n) is 4.68. The molecule has 20 heavy (non-hydrogen) atoms. The summed E-state index contributed by atoms with van der Waals surface area (Å²) in [6.07, 6.45) is 4.64. The van der Waals surface area contributed by atoms with Gasteiger partial charge in [-0.2, -0.15) is 5.10 Å². The highest BCUT2D eigenvalue weighted by molar-refractivity contribution is 5.85. The summed E-state index contributed by atoms with van der Waals surface area (Å²) in [7, 11) is 1.90. The number of ether oxygens (including phenoxy) is 1. The van der Waals surface area contributed by atoms with Gasteiger partial charge in [0.2, 0.25) is 0 Å². The van der Waals surface area contributed by atoms with Crippen molar-refractivity contribution in [3.05, 3.63) is 48.0 Å². The van der Waals surface area contributed by atoms with Crippen LogP contribution in [0.2, 0.25) is 0 Å². The topological polar surface area (TPSA) is 66.2 Å². The molecule has 3 aromatic rings. The van der Waals surface area contributed by atoms with Gasteiger partial charge >= 0.3 is 0 Å². The van der Waals surface area contributed by atoms with Crippen molar-refractivity contribution < 1.29 is 9.15 Å². The van der Waals surface area contributed by atoms with Crippen molar-refractivity contribution in [2.75, 3.05) is 6.61 Å². The molecule has 104 valence electrons. The Hall–Kier alpha value is -2.27. The maximum absolute atomic E-state index is 5.88. The van der Waals surface area contributed by atoms with Crippen molar-refractivity contribution in [2.45, 2.75) is 13.0 Å². The smallest absolute Gasteiger partial charge is 0.169 e. The third-order valence-electron chi connectivity index (χ3n) is 3.20. The maximum atomic E-state index is 5.88. The molecule has 2 N–H and O–H groups in total. The van der Waals surface area contributed by atoms with E-state index in [4.69, 9.17) is 14.9 Å². The lowest BCUT2D eigenvalue weighted by molar-refractivity contribution is 0.314. The predicted molar refractivity (Wildman–Crippen MR) is 76.5 cm³/mol. The first kappa shape index (κ1) is 12.7. The number of nitrogens with zero attached hydrogens (tertiary/aromatic N) is 2. The molecule has 1 aromatic carbocycles. The van der Waals surface area contributed by atoms with Crippen LogP contribution in [0.3, 0.4) is 0 Å². The lowest BCUT2D eigenvalue weighted by atomic mass is 10.2. The van der Waals surface area contributed by atoms with Crippen LogP contribution in [0.4, 0.5) is 0 Å². The van der Waals surface area contributed by atoms with Gasteiger partial charge in [-0.1, -0.05) is 12.1 Å². The second kappa shape index (κ2) is 5.38. The van der Waals surface area contributed by atoms with Crippen LogP contribution < -0.4 is 10.5 Å². The second-order valence-corrected chi connectivity index (χ2v) is 4.68. The first-order valence-corrected chi connectivity index (χ1v) is 6.58. The van der Waals surface area contributed by atoms with Gasteiger partial charge < -0.3 is 14.9 Å². The molecule has 0 unspecified atom stereocenters. The minimum Gasteiger partial charge on any atom is -0.489 e. The van der Waals surface area contributed by atoms with Crippen LogP contribution in [0.5, 0.6) is 5.75 Å².